The van der Waals surface area contributed by atoms with E-state index < -0.39 is 0 Å². The molecule has 0 radical (unpaired) electrons. The van der Waals surface area contributed by atoms with E-state index in [9.17, 15) is 0 Å². The molecule has 0 fully saturated rings. The molecule has 0 atom stereocenters. The van der Waals surface area contributed by atoms with Crippen LogP contribution in [0.1, 0.15) is 5.56 Å². The zero-order chi connectivity index (χ0) is 10.6. The van der Waals surface area contributed by atoms with Crippen LogP contribution in [0.5, 0.6) is 11.6 Å². The molecule has 0 aliphatic rings. The first-order valence-electron chi connectivity index (χ1n) is 4.12. The van der Waals surface area contributed by atoms with Gasteiger partial charge in [-0.3, -0.25) is 4.84 Å². The molecule has 1 heterocycles. The van der Waals surface area contributed by atoms with Crippen LogP contribution in [0, 0.1) is 0 Å². The highest BCUT2D eigenvalue weighted by atomic mass is 16.7. The summed E-state index contributed by atoms with van der Waals surface area (Å²) in [5.41, 5.74) is 0.859. The smallest absolute Gasteiger partial charge is 0.460 e. The first kappa shape index (κ1) is 10.4. The molecule has 14 heavy (non-hydrogen) atoms. The molecule has 1 rings (SSSR count). The van der Waals surface area contributed by atoms with E-state index in [0.29, 0.717) is 11.6 Å². The third kappa shape index (κ3) is 1.64. The number of hydrogen-bond acceptors (Lipinski definition) is 3. The highest BCUT2D eigenvalue weighted by molar-refractivity contribution is 5.57. The standard InChI is InChI=1S/C10H14NO3/c1-5-8-6-7-11(14-4)10(13-3)9(8)12-2/h5-7H,1H2,2-4H3/q+1. The maximum Gasteiger partial charge on any atom is 0.460 e. The van der Waals surface area contributed by atoms with Crippen molar-refractivity contribution in [3.05, 3.63) is 24.4 Å². The van der Waals surface area contributed by atoms with Gasteiger partial charge in [0.05, 0.1) is 19.0 Å². The lowest BCUT2D eigenvalue weighted by Crippen LogP contribution is -2.41. The van der Waals surface area contributed by atoms with Crippen molar-refractivity contribution in [3.8, 4) is 11.6 Å². The molecule has 0 N–H and O–H groups in total. The highest BCUT2D eigenvalue weighted by Gasteiger charge is 2.22. The molecule has 0 aliphatic heterocycles. The molecule has 1 aromatic heterocycles. The van der Waals surface area contributed by atoms with Crippen LogP contribution in [-0.4, -0.2) is 21.3 Å². The Morgan fingerprint density at radius 2 is 2.00 bits per heavy atom. The molecule has 0 amide bonds. The van der Waals surface area contributed by atoms with Gasteiger partial charge in [0.15, 0.2) is 0 Å². The molecular formula is C10H14NO3+. The van der Waals surface area contributed by atoms with Crippen molar-refractivity contribution in [3.63, 3.8) is 0 Å². The van der Waals surface area contributed by atoms with E-state index in [1.54, 1.807) is 33.6 Å². The summed E-state index contributed by atoms with van der Waals surface area (Å²) in [7, 11) is 4.68. The number of pyridine rings is 1. The van der Waals surface area contributed by atoms with Gasteiger partial charge in [0.2, 0.25) is 11.9 Å². The average Bonchev–Trinajstić information content (AvgIpc) is 2.26. The average molecular weight is 196 g/mol. The Balaban J connectivity index is 3.35. The monoisotopic (exact) mass is 196 g/mol. The Hall–Kier alpha value is -1.71. The highest BCUT2D eigenvalue weighted by Crippen LogP contribution is 2.27. The third-order valence-electron chi connectivity index (χ3n) is 1.86. The van der Waals surface area contributed by atoms with E-state index in [4.69, 9.17) is 14.3 Å². The summed E-state index contributed by atoms with van der Waals surface area (Å²) >= 11 is 0. The van der Waals surface area contributed by atoms with Gasteiger partial charge < -0.3 is 9.47 Å². The van der Waals surface area contributed by atoms with Crippen LogP contribution in [0.2, 0.25) is 0 Å². The molecule has 1 aromatic rings. The topological polar surface area (TPSA) is 31.6 Å². The van der Waals surface area contributed by atoms with Gasteiger partial charge in [0.1, 0.15) is 7.11 Å². The first-order valence-corrected chi connectivity index (χ1v) is 4.12. The molecule has 0 aromatic carbocycles. The Morgan fingerprint density at radius 1 is 1.29 bits per heavy atom. The summed E-state index contributed by atoms with van der Waals surface area (Å²) in [5, 5.41) is 0. The zero-order valence-electron chi connectivity index (χ0n) is 8.61. The van der Waals surface area contributed by atoms with Gasteiger partial charge in [0.25, 0.3) is 0 Å². The fourth-order valence-corrected chi connectivity index (χ4v) is 1.21. The number of hydrogen-bond donors (Lipinski definition) is 0. The largest absolute Gasteiger partial charge is 0.487 e. The van der Waals surface area contributed by atoms with E-state index in [1.807, 2.05) is 6.07 Å². The van der Waals surface area contributed by atoms with Gasteiger partial charge in [-0.15, -0.1) is 0 Å². The minimum absolute atomic E-state index is 0.507. The Labute approximate surface area is 83.3 Å². The first-order chi connectivity index (χ1) is 6.78. The quantitative estimate of drug-likeness (QED) is 0.664. The summed E-state index contributed by atoms with van der Waals surface area (Å²) in [6.45, 7) is 3.68. The zero-order valence-corrected chi connectivity index (χ0v) is 8.61. The number of nitrogens with zero attached hydrogens (tertiary/aromatic N) is 1. The van der Waals surface area contributed by atoms with Crippen molar-refractivity contribution < 1.29 is 19.0 Å². The van der Waals surface area contributed by atoms with E-state index >= 15 is 0 Å². The predicted octanol–water partition coefficient (Wildman–Crippen LogP) is 0.693. The maximum atomic E-state index is 5.20. The molecular weight excluding hydrogens is 182 g/mol. The summed E-state index contributed by atoms with van der Waals surface area (Å²) in [5.74, 6) is 1.11. The Kier molecular flexibility index (Phi) is 3.34. The van der Waals surface area contributed by atoms with Gasteiger partial charge in [0, 0.05) is 11.6 Å². The second kappa shape index (κ2) is 4.50. The number of methoxy groups -OCH3 is 2. The van der Waals surface area contributed by atoms with Crippen molar-refractivity contribution >= 4 is 6.08 Å². The lowest BCUT2D eigenvalue weighted by Gasteiger charge is -2.06. The van der Waals surface area contributed by atoms with Crippen LogP contribution < -0.4 is 19.0 Å². The molecule has 0 saturated carbocycles. The predicted molar refractivity (Wildman–Crippen MR) is 52.3 cm³/mol. The maximum absolute atomic E-state index is 5.20. The molecule has 4 heteroatoms. The van der Waals surface area contributed by atoms with Crippen LogP contribution in [0.3, 0.4) is 0 Å². The number of ether oxygens (including phenoxy) is 2. The van der Waals surface area contributed by atoms with E-state index in [2.05, 4.69) is 6.58 Å². The third-order valence-corrected chi connectivity index (χ3v) is 1.86. The van der Waals surface area contributed by atoms with Gasteiger partial charge in [-0.1, -0.05) is 12.7 Å². The normalized spacial score (nSPS) is 9.36. The minimum Gasteiger partial charge on any atom is -0.487 e. The van der Waals surface area contributed by atoms with Crippen LogP contribution in [-0.2, 0) is 0 Å². The van der Waals surface area contributed by atoms with Crippen molar-refractivity contribution in [2.75, 3.05) is 21.3 Å². The Morgan fingerprint density at radius 3 is 2.43 bits per heavy atom. The lowest BCUT2D eigenvalue weighted by atomic mass is 10.2. The van der Waals surface area contributed by atoms with Gasteiger partial charge >= 0.3 is 5.88 Å². The molecule has 0 unspecified atom stereocenters. The Bertz CT molecular complexity index is 336. The fraction of sp³-hybridized carbons (Fsp3) is 0.300. The lowest BCUT2D eigenvalue weighted by molar-refractivity contribution is -0.887. The molecule has 0 bridgehead atoms. The fourth-order valence-electron chi connectivity index (χ4n) is 1.21. The molecule has 0 spiro atoms. The van der Waals surface area contributed by atoms with E-state index in [1.165, 1.54) is 4.73 Å². The van der Waals surface area contributed by atoms with Crippen LogP contribution in [0.4, 0.5) is 0 Å². The minimum atomic E-state index is 0.507. The second-order valence-corrected chi connectivity index (χ2v) is 2.53. The summed E-state index contributed by atoms with van der Waals surface area (Å²) in [6.07, 6.45) is 3.43. The van der Waals surface area contributed by atoms with Crippen molar-refractivity contribution in [1.82, 2.24) is 0 Å². The molecule has 0 aliphatic carbocycles. The molecule has 4 nitrogen and oxygen atoms in total. The summed E-state index contributed by atoms with van der Waals surface area (Å²) < 4.78 is 11.8. The molecule has 0 saturated heterocycles. The van der Waals surface area contributed by atoms with Crippen molar-refractivity contribution in [2.45, 2.75) is 0 Å². The number of aromatic nitrogens is 1. The van der Waals surface area contributed by atoms with Crippen LogP contribution in [0.25, 0.3) is 6.08 Å². The second-order valence-electron chi connectivity index (χ2n) is 2.53. The van der Waals surface area contributed by atoms with Gasteiger partial charge in [-0.25, -0.2) is 0 Å². The molecule has 76 valence electrons. The summed E-state index contributed by atoms with van der Waals surface area (Å²) in [6, 6.07) is 1.83. The summed E-state index contributed by atoms with van der Waals surface area (Å²) in [4.78, 5) is 5.06. The van der Waals surface area contributed by atoms with E-state index in [-0.39, 0.29) is 0 Å². The van der Waals surface area contributed by atoms with E-state index in [0.717, 1.165) is 5.56 Å². The van der Waals surface area contributed by atoms with Crippen molar-refractivity contribution in [1.29, 1.82) is 0 Å². The van der Waals surface area contributed by atoms with Crippen molar-refractivity contribution in [2.24, 2.45) is 0 Å². The number of rotatable bonds is 4. The van der Waals surface area contributed by atoms with Crippen LogP contribution in [0.15, 0.2) is 18.8 Å². The van der Waals surface area contributed by atoms with Gasteiger partial charge in [-0.2, -0.15) is 0 Å². The SMILES string of the molecule is C=Cc1cc[n+](OC)c(OC)c1OC. The van der Waals surface area contributed by atoms with Gasteiger partial charge in [-0.05, 0) is 0 Å². The van der Waals surface area contributed by atoms with Crippen LogP contribution >= 0.6 is 0 Å².